The van der Waals surface area contributed by atoms with E-state index in [1.165, 1.54) is 19.3 Å². The maximum absolute atomic E-state index is 12.4. The maximum Gasteiger partial charge on any atom is 0.306 e. The van der Waals surface area contributed by atoms with Crippen LogP contribution in [0.5, 0.6) is 0 Å². The Hall–Kier alpha value is -1.06. The van der Waals surface area contributed by atoms with Crippen molar-refractivity contribution in [1.82, 2.24) is 0 Å². The van der Waals surface area contributed by atoms with Gasteiger partial charge in [-0.2, -0.15) is 0 Å². The highest BCUT2D eigenvalue weighted by Crippen LogP contribution is 2.36. The molecule has 0 bridgehead atoms. The van der Waals surface area contributed by atoms with Gasteiger partial charge in [-0.05, 0) is 37.5 Å². The van der Waals surface area contributed by atoms with E-state index in [2.05, 4.69) is 34.6 Å². The van der Waals surface area contributed by atoms with Crippen molar-refractivity contribution >= 4 is 11.9 Å². The molecule has 0 aromatic rings. The molecule has 0 aliphatic rings. The van der Waals surface area contributed by atoms with Gasteiger partial charge in [0.15, 0.2) is 0 Å². The Kier molecular flexibility index (Phi) is 12.6. The van der Waals surface area contributed by atoms with Gasteiger partial charge in [-0.1, -0.05) is 66.7 Å². The smallest absolute Gasteiger partial charge is 0.306 e. The molecule has 0 unspecified atom stereocenters. The molecule has 0 aliphatic carbocycles. The van der Waals surface area contributed by atoms with Gasteiger partial charge in [0.2, 0.25) is 0 Å². The number of hydrogen-bond acceptors (Lipinski definition) is 3. The molecule has 0 saturated heterocycles. The van der Waals surface area contributed by atoms with E-state index in [-0.39, 0.29) is 18.0 Å². The second-order valence-corrected chi connectivity index (χ2v) is 7.86. The van der Waals surface area contributed by atoms with Crippen LogP contribution in [0.2, 0.25) is 0 Å². The summed E-state index contributed by atoms with van der Waals surface area (Å²) < 4.78 is 6.05. The number of esters is 1. The summed E-state index contributed by atoms with van der Waals surface area (Å²) in [4.78, 5) is 22.9. The molecule has 1 N–H and O–H groups in total. The number of unbranched alkanes of at least 4 members (excludes halogenated alkanes) is 6. The van der Waals surface area contributed by atoms with Crippen LogP contribution in [-0.2, 0) is 14.3 Å². The molecule has 0 saturated carbocycles. The van der Waals surface area contributed by atoms with Gasteiger partial charge in [0.25, 0.3) is 0 Å². The fourth-order valence-electron chi connectivity index (χ4n) is 3.52. The highest BCUT2D eigenvalue weighted by atomic mass is 16.6. The van der Waals surface area contributed by atoms with E-state index in [0.29, 0.717) is 24.7 Å². The van der Waals surface area contributed by atoms with Crippen LogP contribution in [0.3, 0.4) is 0 Å². The lowest BCUT2D eigenvalue weighted by atomic mass is 9.76. The fourth-order valence-corrected chi connectivity index (χ4v) is 3.52. The average molecular weight is 357 g/mol. The Morgan fingerprint density at radius 2 is 1.36 bits per heavy atom. The van der Waals surface area contributed by atoms with E-state index >= 15 is 0 Å². The van der Waals surface area contributed by atoms with Gasteiger partial charge < -0.3 is 9.84 Å². The van der Waals surface area contributed by atoms with E-state index in [0.717, 1.165) is 32.1 Å². The predicted octanol–water partition coefficient (Wildman–Crippen LogP) is 5.98. The van der Waals surface area contributed by atoms with Crippen molar-refractivity contribution in [3.63, 3.8) is 0 Å². The Morgan fingerprint density at radius 1 is 0.840 bits per heavy atom. The lowest BCUT2D eigenvalue weighted by molar-refractivity contribution is -0.174. The zero-order valence-electron chi connectivity index (χ0n) is 17.1. The lowest BCUT2D eigenvalue weighted by Crippen LogP contribution is -2.45. The highest BCUT2D eigenvalue weighted by Gasteiger charge is 2.40. The fraction of sp³-hybridized carbons (Fsp3) is 0.905. The summed E-state index contributed by atoms with van der Waals surface area (Å²) in [6.07, 6.45) is 9.53. The number of carbonyl (C=O) groups excluding carboxylic acids is 1. The van der Waals surface area contributed by atoms with E-state index in [4.69, 9.17) is 9.84 Å². The number of carbonyl (C=O) groups is 2. The second-order valence-electron chi connectivity index (χ2n) is 7.86. The first-order valence-corrected chi connectivity index (χ1v) is 10.2. The van der Waals surface area contributed by atoms with Gasteiger partial charge >= 0.3 is 11.9 Å². The standard InChI is InChI=1S/C21H40O4/c1-6-7-8-13-16-21(17(2)3,18(4)5)25-20(24)15-12-10-9-11-14-19(22)23/h17-18H,6-16H2,1-5H3,(H,22,23). The van der Waals surface area contributed by atoms with Crippen LogP contribution in [0, 0.1) is 11.8 Å². The lowest BCUT2D eigenvalue weighted by Gasteiger charge is -2.41. The maximum atomic E-state index is 12.4. The topological polar surface area (TPSA) is 63.6 Å². The number of carboxylic acids is 1. The molecule has 0 aromatic heterocycles. The number of aliphatic carboxylic acids is 1. The average Bonchev–Trinajstić information content (AvgIpc) is 2.52. The third-order valence-electron chi connectivity index (χ3n) is 5.20. The van der Waals surface area contributed by atoms with Crippen LogP contribution in [0.25, 0.3) is 0 Å². The summed E-state index contributed by atoms with van der Waals surface area (Å²) in [5, 5.41) is 8.62. The molecule has 148 valence electrons. The van der Waals surface area contributed by atoms with Gasteiger partial charge in [-0.3, -0.25) is 9.59 Å². The van der Waals surface area contributed by atoms with Gasteiger partial charge in [-0.15, -0.1) is 0 Å². The molecule has 0 radical (unpaired) electrons. The van der Waals surface area contributed by atoms with Crippen LogP contribution >= 0.6 is 0 Å². The monoisotopic (exact) mass is 356 g/mol. The third-order valence-corrected chi connectivity index (χ3v) is 5.20. The molecular weight excluding hydrogens is 316 g/mol. The summed E-state index contributed by atoms with van der Waals surface area (Å²) in [6, 6.07) is 0. The molecule has 0 aliphatic heterocycles. The van der Waals surface area contributed by atoms with E-state index in [1.807, 2.05) is 0 Å². The van der Waals surface area contributed by atoms with Crippen molar-refractivity contribution in [1.29, 1.82) is 0 Å². The van der Waals surface area contributed by atoms with Gasteiger partial charge in [0.05, 0.1) is 0 Å². The van der Waals surface area contributed by atoms with Gasteiger partial charge in [-0.25, -0.2) is 0 Å². The van der Waals surface area contributed by atoms with E-state index < -0.39 is 5.97 Å². The number of ether oxygens (including phenoxy) is 1. The van der Waals surface area contributed by atoms with Crippen LogP contribution in [0.15, 0.2) is 0 Å². The summed E-state index contributed by atoms with van der Waals surface area (Å²) in [5.41, 5.74) is -0.367. The minimum Gasteiger partial charge on any atom is -0.481 e. The summed E-state index contributed by atoms with van der Waals surface area (Å²) in [7, 11) is 0. The first-order chi connectivity index (χ1) is 11.8. The first-order valence-electron chi connectivity index (χ1n) is 10.2. The Labute approximate surface area is 154 Å². The largest absolute Gasteiger partial charge is 0.481 e. The zero-order valence-corrected chi connectivity index (χ0v) is 17.1. The molecule has 4 heteroatoms. The molecule has 0 amide bonds. The van der Waals surface area contributed by atoms with Crippen molar-refractivity contribution in [2.45, 2.75) is 111 Å². The quantitative estimate of drug-likeness (QED) is 0.290. The highest BCUT2D eigenvalue weighted by molar-refractivity contribution is 5.70. The SMILES string of the molecule is CCCCCCC(OC(=O)CCCCCCC(=O)O)(C(C)C)C(C)C. The molecule has 25 heavy (non-hydrogen) atoms. The Morgan fingerprint density at radius 3 is 1.84 bits per heavy atom. The van der Waals surface area contributed by atoms with E-state index in [9.17, 15) is 9.59 Å². The van der Waals surface area contributed by atoms with Crippen LogP contribution in [0.1, 0.15) is 105 Å². The van der Waals surface area contributed by atoms with Crippen LogP contribution < -0.4 is 0 Å². The number of hydrogen-bond donors (Lipinski definition) is 1. The van der Waals surface area contributed by atoms with Gasteiger partial charge in [0.1, 0.15) is 5.60 Å². The Balaban J connectivity index is 4.42. The van der Waals surface area contributed by atoms with Crippen molar-refractivity contribution < 1.29 is 19.4 Å². The second kappa shape index (κ2) is 13.2. The molecule has 0 spiro atoms. The Bertz CT molecular complexity index is 366. The number of carboxylic acid groups (broad SMARTS) is 1. The first kappa shape index (κ1) is 23.9. The minimum atomic E-state index is -0.749. The third kappa shape index (κ3) is 9.86. The van der Waals surface area contributed by atoms with Crippen molar-refractivity contribution in [2.24, 2.45) is 11.8 Å². The zero-order chi connectivity index (χ0) is 19.3. The van der Waals surface area contributed by atoms with Crippen molar-refractivity contribution in [3.05, 3.63) is 0 Å². The normalized spacial score (nSPS) is 12.0. The molecular formula is C21H40O4. The predicted molar refractivity (Wildman–Crippen MR) is 103 cm³/mol. The molecule has 0 atom stereocenters. The summed E-state index contributed by atoms with van der Waals surface area (Å²) in [5.74, 6) is -0.250. The van der Waals surface area contributed by atoms with Crippen molar-refractivity contribution in [3.8, 4) is 0 Å². The summed E-state index contributed by atoms with van der Waals surface area (Å²) in [6.45, 7) is 10.8. The molecule has 4 nitrogen and oxygen atoms in total. The van der Waals surface area contributed by atoms with Gasteiger partial charge in [0, 0.05) is 12.8 Å². The molecule has 0 heterocycles. The van der Waals surface area contributed by atoms with Crippen LogP contribution in [0.4, 0.5) is 0 Å². The summed E-state index contributed by atoms with van der Waals surface area (Å²) >= 11 is 0. The van der Waals surface area contributed by atoms with Crippen LogP contribution in [-0.4, -0.2) is 22.6 Å². The molecule has 0 aromatic carbocycles. The number of rotatable bonds is 15. The minimum absolute atomic E-state index is 0.101. The van der Waals surface area contributed by atoms with E-state index in [1.54, 1.807) is 0 Å². The van der Waals surface area contributed by atoms with Crippen molar-refractivity contribution in [2.75, 3.05) is 0 Å². The molecule has 0 fully saturated rings. The molecule has 0 rings (SSSR count).